The molecule has 0 saturated carbocycles. The number of benzene rings is 2. The Balaban J connectivity index is 1.92. The number of hydrogen-bond donors (Lipinski definition) is 2. The molecule has 5 nitrogen and oxygen atoms in total. The van der Waals surface area contributed by atoms with E-state index in [-0.39, 0.29) is 5.91 Å². The minimum absolute atomic E-state index is 0.137. The highest BCUT2D eigenvalue weighted by Gasteiger charge is 2.13. The van der Waals surface area contributed by atoms with Crippen LogP contribution in [0.4, 0.5) is 0 Å². The van der Waals surface area contributed by atoms with Crippen LogP contribution in [0.25, 0.3) is 0 Å². The van der Waals surface area contributed by atoms with Crippen molar-refractivity contribution in [1.29, 1.82) is 0 Å². The first kappa shape index (κ1) is 20.1. The summed E-state index contributed by atoms with van der Waals surface area (Å²) in [5.41, 5.74) is 7.89. The van der Waals surface area contributed by atoms with E-state index in [1.165, 1.54) is 0 Å². The first-order valence-corrected chi connectivity index (χ1v) is 9.89. The number of thioether (sulfide) groups is 1. The van der Waals surface area contributed by atoms with Crippen molar-refractivity contribution in [2.75, 3.05) is 19.1 Å². The molecule has 0 fully saturated rings. The Morgan fingerprint density at radius 3 is 2.62 bits per heavy atom. The number of amides is 1. The standard InChI is InChI=1S/C20H26N2O3S/c1-24-19-12-16(13-22-20(23)17(21)10-11-26-2)8-9-18(19)25-14-15-6-4-3-5-7-15/h3-9,12,17H,10-11,13-14,21H2,1-2H3,(H,22,23)/t17-/m0/s1. The summed E-state index contributed by atoms with van der Waals surface area (Å²) in [6, 6.07) is 15.1. The van der Waals surface area contributed by atoms with Crippen LogP contribution in [0.3, 0.4) is 0 Å². The average Bonchev–Trinajstić information content (AvgIpc) is 2.69. The van der Waals surface area contributed by atoms with Crippen LogP contribution in [0.1, 0.15) is 17.5 Å². The quantitative estimate of drug-likeness (QED) is 0.669. The third-order valence-electron chi connectivity index (χ3n) is 3.90. The molecule has 0 spiro atoms. The van der Waals surface area contributed by atoms with E-state index in [0.717, 1.165) is 16.9 Å². The van der Waals surface area contributed by atoms with E-state index in [1.54, 1.807) is 18.9 Å². The topological polar surface area (TPSA) is 73.6 Å². The number of hydrogen-bond acceptors (Lipinski definition) is 5. The van der Waals surface area contributed by atoms with E-state index < -0.39 is 6.04 Å². The van der Waals surface area contributed by atoms with Gasteiger partial charge in [0.15, 0.2) is 11.5 Å². The molecule has 140 valence electrons. The van der Waals surface area contributed by atoms with Crippen molar-refractivity contribution in [3.05, 3.63) is 59.7 Å². The molecule has 1 amide bonds. The third kappa shape index (κ3) is 6.28. The number of methoxy groups -OCH3 is 1. The molecule has 2 aromatic rings. The van der Waals surface area contributed by atoms with Gasteiger partial charge in [0.1, 0.15) is 6.61 Å². The fourth-order valence-corrected chi connectivity index (χ4v) is 2.86. The molecule has 1 atom stereocenters. The van der Waals surface area contributed by atoms with Gasteiger partial charge in [-0.05, 0) is 41.7 Å². The summed E-state index contributed by atoms with van der Waals surface area (Å²) in [4.78, 5) is 12.0. The molecule has 0 aliphatic carbocycles. The lowest BCUT2D eigenvalue weighted by atomic mass is 10.1. The first-order chi connectivity index (χ1) is 12.6. The predicted octanol–water partition coefficient (Wildman–Crippen LogP) is 2.97. The number of carbonyl (C=O) groups excluding carboxylic acids is 1. The van der Waals surface area contributed by atoms with Crippen LogP contribution in [0.15, 0.2) is 48.5 Å². The summed E-state index contributed by atoms with van der Waals surface area (Å²) < 4.78 is 11.3. The third-order valence-corrected chi connectivity index (χ3v) is 4.55. The zero-order valence-corrected chi connectivity index (χ0v) is 16.1. The van der Waals surface area contributed by atoms with Crippen LogP contribution in [-0.4, -0.2) is 31.1 Å². The molecular weight excluding hydrogens is 348 g/mol. The normalized spacial score (nSPS) is 11.7. The molecule has 3 N–H and O–H groups in total. The van der Waals surface area contributed by atoms with E-state index in [0.29, 0.717) is 31.1 Å². The summed E-state index contributed by atoms with van der Waals surface area (Å²) in [6.45, 7) is 0.874. The maximum Gasteiger partial charge on any atom is 0.237 e. The summed E-state index contributed by atoms with van der Waals surface area (Å²) in [5, 5.41) is 2.87. The molecule has 2 rings (SSSR count). The van der Waals surface area contributed by atoms with Gasteiger partial charge in [0.05, 0.1) is 13.2 Å². The largest absolute Gasteiger partial charge is 0.493 e. The van der Waals surface area contributed by atoms with Gasteiger partial charge >= 0.3 is 0 Å². The Bertz CT molecular complexity index is 695. The van der Waals surface area contributed by atoms with Crippen molar-refractivity contribution in [2.24, 2.45) is 5.73 Å². The van der Waals surface area contributed by atoms with Crippen LogP contribution in [-0.2, 0) is 17.9 Å². The molecule has 0 aliphatic rings. The van der Waals surface area contributed by atoms with Crippen LogP contribution in [0, 0.1) is 0 Å². The SMILES string of the molecule is COc1cc(CNC(=O)[C@@H](N)CCSC)ccc1OCc1ccccc1. The van der Waals surface area contributed by atoms with Gasteiger partial charge in [-0.3, -0.25) is 4.79 Å². The zero-order valence-electron chi connectivity index (χ0n) is 15.2. The average molecular weight is 375 g/mol. The summed E-state index contributed by atoms with van der Waals surface area (Å²) in [5.74, 6) is 2.04. The predicted molar refractivity (Wildman–Crippen MR) is 107 cm³/mol. The molecule has 0 radical (unpaired) electrons. The smallest absolute Gasteiger partial charge is 0.237 e. The highest BCUT2D eigenvalue weighted by Crippen LogP contribution is 2.28. The van der Waals surface area contributed by atoms with Gasteiger partial charge in [-0.25, -0.2) is 0 Å². The van der Waals surface area contributed by atoms with Crippen LogP contribution in [0.2, 0.25) is 0 Å². The molecule has 0 saturated heterocycles. The van der Waals surface area contributed by atoms with E-state index in [4.69, 9.17) is 15.2 Å². The van der Waals surface area contributed by atoms with Crippen molar-refractivity contribution in [2.45, 2.75) is 25.6 Å². The molecular formula is C20H26N2O3S. The fourth-order valence-electron chi connectivity index (χ4n) is 2.37. The number of nitrogens with two attached hydrogens (primary N) is 1. The maximum absolute atomic E-state index is 12.0. The van der Waals surface area contributed by atoms with E-state index in [1.807, 2.05) is 54.8 Å². The highest BCUT2D eigenvalue weighted by molar-refractivity contribution is 7.98. The number of ether oxygens (including phenoxy) is 2. The van der Waals surface area contributed by atoms with Gasteiger partial charge in [0, 0.05) is 6.54 Å². The number of nitrogens with one attached hydrogen (secondary N) is 1. The van der Waals surface area contributed by atoms with E-state index in [9.17, 15) is 4.79 Å². The summed E-state index contributed by atoms with van der Waals surface area (Å²) in [6.07, 6.45) is 2.67. The Morgan fingerprint density at radius 1 is 1.15 bits per heavy atom. The lowest BCUT2D eigenvalue weighted by Crippen LogP contribution is -2.40. The highest BCUT2D eigenvalue weighted by atomic mass is 32.2. The molecule has 0 heterocycles. The van der Waals surface area contributed by atoms with Crippen molar-refractivity contribution in [3.63, 3.8) is 0 Å². The minimum atomic E-state index is -0.474. The van der Waals surface area contributed by atoms with Crippen LogP contribution >= 0.6 is 11.8 Å². The van der Waals surface area contributed by atoms with Crippen molar-refractivity contribution < 1.29 is 14.3 Å². The molecule has 2 aromatic carbocycles. The molecule has 0 unspecified atom stereocenters. The second kappa shape index (κ2) is 10.7. The van der Waals surface area contributed by atoms with Gasteiger partial charge in [-0.1, -0.05) is 36.4 Å². The minimum Gasteiger partial charge on any atom is -0.493 e. The second-order valence-corrected chi connectivity index (χ2v) is 6.85. The Labute approximate surface area is 159 Å². The van der Waals surface area contributed by atoms with Crippen LogP contribution < -0.4 is 20.5 Å². The maximum atomic E-state index is 12.0. The van der Waals surface area contributed by atoms with E-state index in [2.05, 4.69) is 5.32 Å². The monoisotopic (exact) mass is 374 g/mol. The molecule has 0 aliphatic heterocycles. The summed E-state index contributed by atoms with van der Waals surface area (Å²) >= 11 is 1.68. The first-order valence-electron chi connectivity index (χ1n) is 8.50. The van der Waals surface area contributed by atoms with Crippen molar-refractivity contribution in [3.8, 4) is 11.5 Å². The van der Waals surface area contributed by atoms with Gasteiger partial charge < -0.3 is 20.5 Å². The molecule has 0 aromatic heterocycles. The van der Waals surface area contributed by atoms with Crippen LogP contribution in [0.5, 0.6) is 11.5 Å². The molecule has 26 heavy (non-hydrogen) atoms. The Morgan fingerprint density at radius 2 is 1.92 bits per heavy atom. The molecule has 6 heteroatoms. The zero-order chi connectivity index (χ0) is 18.8. The van der Waals surface area contributed by atoms with Crippen molar-refractivity contribution >= 4 is 17.7 Å². The Kier molecular flexibility index (Phi) is 8.31. The van der Waals surface area contributed by atoms with Gasteiger partial charge in [0.2, 0.25) is 5.91 Å². The lowest BCUT2D eigenvalue weighted by Gasteiger charge is -2.14. The van der Waals surface area contributed by atoms with Crippen molar-refractivity contribution in [1.82, 2.24) is 5.32 Å². The van der Waals surface area contributed by atoms with Gasteiger partial charge in [-0.15, -0.1) is 0 Å². The summed E-state index contributed by atoms with van der Waals surface area (Å²) in [7, 11) is 1.60. The molecule has 0 bridgehead atoms. The fraction of sp³-hybridized carbons (Fsp3) is 0.350. The number of rotatable bonds is 10. The second-order valence-electron chi connectivity index (χ2n) is 5.87. The van der Waals surface area contributed by atoms with Gasteiger partial charge in [0.25, 0.3) is 0 Å². The van der Waals surface area contributed by atoms with Gasteiger partial charge in [-0.2, -0.15) is 11.8 Å². The lowest BCUT2D eigenvalue weighted by molar-refractivity contribution is -0.122. The van der Waals surface area contributed by atoms with E-state index >= 15 is 0 Å². The Hall–Kier alpha value is -2.18. The number of carbonyl (C=O) groups is 1.